The van der Waals surface area contributed by atoms with E-state index in [1.165, 1.54) is 30.7 Å². The van der Waals surface area contributed by atoms with Gasteiger partial charge in [0.1, 0.15) is 23.2 Å². The van der Waals surface area contributed by atoms with Gasteiger partial charge in [0, 0.05) is 24.7 Å². The van der Waals surface area contributed by atoms with Crippen molar-refractivity contribution in [1.82, 2.24) is 14.7 Å². The normalized spacial score (nSPS) is 28.1. The van der Waals surface area contributed by atoms with Gasteiger partial charge in [0.15, 0.2) is 0 Å². The molecule has 4 bridgehead atoms. The maximum Gasteiger partial charge on any atom is 0.573 e. The zero-order valence-electron chi connectivity index (χ0n) is 20.8. The van der Waals surface area contributed by atoms with Crippen LogP contribution in [0.4, 0.5) is 24.9 Å². The van der Waals surface area contributed by atoms with E-state index in [0.29, 0.717) is 18.3 Å². The molecule has 4 saturated carbocycles. The number of ether oxygens (including phenoxy) is 1. The molecule has 38 heavy (non-hydrogen) atoms. The molecule has 0 spiro atoms. The molecule has 1 unspecified atom stereocenters. The summed E-state index contributed by atoms with van der Waals surface area (Å²) in [6, 6.07) is 7.86. The van der Waals surface area contributed by atoms with Gasteiger partial charge in [-0.1, -0.05) is 18.2 Å². The summed E-state index contributed by atoms with van der Waals surface area (Å²) in [5.41, 5.74) is 0.529. The number of para-hydroxylation sites is 1. The summed E-state index contributed by atoms with van der Waals surface area (Å²) in [6.45, 7) is 0.580. The zero-order valence-corrected chi connectivity index (χ0v) is 21.6. The number of hydrogen-bond donors (Lipinski definition) is 3. The molecule has 2 aromatic rings. The monoisotopic (exact) mass is 550 g/mol. The second kappa shape index (κ2) is 9.89. The van der Waals surface area contributed by atoms with Crippen LogP contribution in [-0.2, 0) is 16.6 Å². The molecule has 3 N–H and O–H groups in total. The third-order valence-corrected chi connectivity index (χ3v) is 8.63. The summed E-state index contributed by atoms with van der Waals surface area (Å²) in [7, 11) is -3.28. The van der Waals surface area contributed by atoms with Gasteiger partial charge in [-0.25, -0.2) is 18.1 Å². The molecule has 4 aliphatic rings. The second-order valence-corrected chi connectivity index (χ2v) is 12.6. The summed E-state index contributed by atoms with van der Waals surface area (Å²) in [6.07, 6.45) is 2.67. The number of halogens is 3. The number of anilines is 2. The lowest BCUT2D eigenvalue weighted by atomic mass is 9.48. The number of sulfonamides is 1. The molecular formula is C25H29F3N6O3S. The Morgan fingerprint density at radius 1 is 1.16 bits per heavy atom. The van der Waals surface area contributed by atoms with Gasteiger partial charge in [0.25, 0.3) is 0 Å². The van der Waals surface area contributed by atoms with Gasteiger partial charge in [-0.3, -0.25) is 0 Å². The van der Waals surface area contributed by atoms with Crippen molar-refractivity contribution in [2.45, 2.75) is 51.1 Å². The molecule has 4 aliphatic carbocycles. The number of hydrogen-bond acceptors (Lipinski definition) is 8. The summed E-state index contributed by atoms with van der Waals surface area (Å²) >= 11 is 0. The lowest BCUT2D eigenvalue weighted by Gasteiger charge is -2.60. The number of aromatic nitrogens is 2. The highest BCUT2D eigenvalue weighted by Gasteiger charge is 2.55. The minimum atomic E-state index is -4.81. The maximum atomic E-state index is 12.7. The van der Waals surface area contributed by atoms with Crippen LogP contribution in [0.3, 0.4) is 0 Å². The molecule has 4 fully saturated rings. The molecule has 1 heterocycles. The van der Waals surface area contributed by atoms with Crippen molar-refractivity contribution in [2.75, 3.05) is 23.4 Å². The number of nitriles is 1. The lowest BCUT2D eigenvalue weighted by molar-refractivity contribution is -0.274. The Kier molecular flexibility index (Phi) is 6.89. The molecule has 13 heteroatoms. The number of nitrogens with one attached hydrogen (secondary N) is 3. The maximum absolute atomic E-state index is 12.7. The van der Waals surface area contributed by atoms with Crippen LogP contribution < -0.4 is 20.1 Å². The van der Waals surface area contributed by atoms with E-state index < -0.39 is 16.4 Å². The number of nitrogens with zero attached hydrogens (tertiary/aromatic N) is 3. The average Bonchev–Trinajstić information content (AvgIpc) is 2.82. The van der Waals surface area contributed by atoms with E-state index in [1.807, 2.05) is 0 Å². The summed E-state index contributed by atoms with van der Waals surface area (Å²) in [4.78, 5) is 8.57. The van der Waals surface area contributed by atoms with Gasteiger partial charge in [0.05, 0.1) is 12.5 Å². The molecule has 204 valence electrons. The van der Waals surface area contributed by atoms with Crippen molar-refractivity contribution in [3.8, 4) is 11.8 Å². The highest BCUT2D eigenvalue weighted by atomic mass is 32.2. The van der Waals surface area contributed by atoms with Crippen LogP contribution in [0.5, 0.6) is 5.75 Å². The highest BCUT2D eigenvalue weighted by molar-refractivity contribution is 7.88. The molecule has 9 nitrogen and oxygen atoms in total. The minimum absolute atomic E-state index is 0.00861. The van der Waals surface area contributed by atoms with E-state index in [-0.39, 0.29) is 52.7 Å². The highest BCUT2D eigenvalue weighted by Crippen LogP contribution is 2.60. The van der Waals surface area contributed by atoms with Crippen molar-refractivity contribution in [3.05, 3.63) is 41.6 Å². The van der Waals surface area contributed by atoms with E-state index in [9.17, 15) is 26.9 Å². The first-order valence-corrected chi connectivity index (χ1v) is 14.4. The minimum Gasteiger partial charge on any atom is -0.405 e. The molecular weight excluding hydrogens is 521 g/mol. The molecule has 0 amide bonds. The Labute approximate surface area is 219 Å². The van der Waals surface area contributed by atoms with Gasteiger partial charge in [-0.05, 0) is 61.3 Å². The third kappa shape index (κ3) is 5.96. The standard InChI is InChI=1S/C25H29F3N6O3S/c1-38(35,36)34-21-17-6-15-7-18(21)10-24(8-15,9-17)14-32-22-19(11-29)13-31-23(33-22)30-12-16-4-2-3-5-20(16)37-25(26,27)28/h2-5,13,15,17-18,21,34H,6-10,12,14H2,1H3,(H2,30,31,32,33)/t15?,17-,18+,21-,24-. The molecule has 0 radical (unpaired) electrons. The Morgan fingerprint density at radius 3 is 2.53 bits per heavy atom. The van der Waals surface area contributed by atoms with Crippen molar-refractivity contribution in [1.29, 1.82) is 5.26 Å². The number of benzene rings is 1. The van der Waals surface area contributed by atoms with Crippen molar-refractivity contribution in [2.24, 2.45) is 23.2 Å². The van der Waals surface area contributed by atoms with Gasteiger partial charge in [0.2, 0.25) is 16.0 Å². The van der Waals surface area contributed by atoms with E-state index in [4.69, 9.17) is 0 Å². The van der Waals surface area contributed by atoms with Crippen LogP contribution in [0.15, 0.2) is 30.5 Å². The topological polar surface area (TPSA) is 129 Å². The molecule has 0 saturated heterocycles. The van der Waals surface area contributed by atoms with Crippen LogP contribution in [0, 0.1) is 34.5 Å². The molecule has 6 rings (SSSR count). The van der Waals surface area contributed by atoms with Crippen molar-refractivity contribution >= 4 is 21.8 Å². The number of alkyl halides is 3. The van der Waals surface area contributed by atoms with Gasteiger partial charge in [-0.2, -0.15) is 10.2 Å². The van der Waals surface area contributed by atoms with Gasteiger partial charge >= 0.3 is 6.36 Å². The van der Waals surface area contributed by atoms with E-state index >= 15 is 0 Å². The summed E-state index contributed by atoms with van der Waals surface area (Å²) in [5, 5.41) is 15.8. The predicted molar refractivity (Wildman–Crippen MR) is 133 cm³/mol. The van der Waals surface area contributed by atoms with Crippen LogP contribution in [-0.4, -0.2) is 43.6 Å². The SMILES string of the molecule is CS(=O)(=O)N[C@@H]1[C@@H]2CC3C[C@H]1C[C@@](CNc1nc(NCc4ccccc4OC(F)(F)F)ncc1C#N)(C3)C2. The second-order valence-electron chi connectivity index (χ2n) is 10.8. The molecule has 0 aliphatic heterocycles. The lowest BCUT2D eigenvalue weighted by Crippen LogP contribution is -2.60. The largest absolute Gasteiger partial charge is 0.573 e. The van der Waals surface area contributed by atoms with Crippen molar-refractivity contribution < 1.29 is 26.3 Å². The number of rotatable bonds is 9. The third-order valence-electron chi connectivity index (χ3n) is 7.93. The van der Waals surface area contributed by atoms with E-state index in [2.05, 4.69) is 36.1 Å². The van der Waals surface area contributed by atoms with E-state index in [1.54, 1.807) is 6.07 Å². The Morgan fingerprint density at radius 2 is 1.87 bits per heavy atom. The smallest absolute Gasteiger partial charge is 0.405 e. The zero-order chi connectivity index (χ0) is 27.1. The quantitative estimate of drug-likeness (QED) is 0.427. The van der Waals surface area contributed by atoms with Crippen LogP contribution >= 0.6 is 0 Å². The molecule has 1 aromatic carbocycles. The first-order valence-electron chi connectivity index (χ1n) is 12.5. The molecule has 1 aromatic heterocycles. The van der Waals surface area contributed by atoms with Gasteiger partial charge in [-0.15, -0.1) is 13.2 Å². The fourth-order valence-corrected chi connectivity index (χ4v) is 7.73. The van der Waals surface area contributed by atoms with E-state index in [0.717, 1.165) is 32.1 Å². The summed E-state index contributed by atoms with van der Waals surface area (Å²) < 4.78 is 69.0. The summed E-state index contributed by atoms with van der Waals surface area (Å²) in [5.74, 6) is 1.33. The van der Waals surface area contributed by atoms with Crippen LogP contribution in [0.25, 0.3) is 0 Å². The fourth-order valence-electron chi connectivity index (χ4n) is 6.85. The molecule has 5 atom stereocenters. The predicted octanol–water partition coefficient (Wildman–Crippen LogP) is 4.01. The van der Waals surface area contributed by atoms with Gasteiger partial charge < -0.3 is 15.4 Å². The Bertz CT molecular complexity index is 1330. The first kappa shape index (κ1) is 26.5. The van der Waals surface area contributed by atoms with Crippen LogP contribution in [0.2, 0.25) is 0 Å². The first-order chi connectivity index (χ1) is 17.9. The Hall–Kier alpha value is -3.11. The van der Waals surface area contributed by atoms with Crippen LogP contribution in [0.1, 0.15) is 43.2 Å². The fraction of sp³-hybridized carbons (Fsp3) is 0.560. The van der Waals surface area contributed by atoms with Crippen molar-refractivity contribution in [3.63, 3.8) is 0 Å². The average molecular weight is 551 g/mol. The Balaban J connectivity index is 1.27.